The van der Waals surface area contributed by atoms with Crippen molar-refractivity contribution in [1.29, 1.82) is 0 Å². The summed E-state index contributed by atoms with van der Waals surface area (Å²) in [4.78, 5) is 11.9. The fraction of sp³-hybridized carbons (Fsp3) is 0.500. The number of benzene rings is 1. The zero-order valence-electron chi connectivity index (χ0n) is 10.6. The fourth-order valence-corrected chi connectivity index (χ4v) is 2.27. The summed E-state index contributed by atoms with van der Waals surface area (Å²) in [6, 6.07) is 7.23. The molecule has 0 spiro atoms. The molecule has 4 heteroatoms. The van der Waals surface area contributed by atoms with Crippen molar-refractivity contribution in [1.82, 2.24) is 0 Å². The van der Waals surface area contributed by atoms with E-state index in [2.05, 4.69) is 5.32 Å². The molecule has 0 unspecified atom stereocenters. The van der Waals surface area contributed by atoms with E-state index in [9.17, 15) is 4.79 Å². The third-order valence-electron chi connectivity index (χ3n) is 3.57. The molecule has 2 N–H and O–H groups in total. The normalized spacial score (nSPS) is 17.0. The number of rotatable bonds is 5. The summed E-state index contributed by atoms with van der Waals surface area (Å²) >= 11 is 0. The molecule has 0 saturated heterocycles. The lowest BCUT2D eigenvalue weighted by atomic mass is 9.77. The molecule has 0 bridgehead atoms. The van der Waals surface area contributed by atoms with Gasteiger partial charge in [-0.1, -0.05) is 12.1 Å². The van der Waals surface area contributed by atoms with Crippen molar-refractivity contribution in [3.8, 4) is 0 Å². The van der Waals surface area contributed by atoms with Crippen molar-refractivity contribution < 1.29 is 14.6 Å². The van der Waals surface area contributed by atoms with E-state index in [0.29, 0.717) is 6.42 Å². The molecule has 1 amide bonds. The van der Waals surface area contributed by atoms with E-state index in [1.165, 1.54) is 0 Å². The van der Waals surface area contributed by atoms with Crippen LogP contribution in [0.5, 0.6) is 0 Å². The quantitative estimate of drug-likeness (QED) is 0.840. The van der Waals surface area contributed by atoms with E-state index >= 15 is 0 Å². The van der Waals surface area contributed by atoms with Crippen molar-refractivity contribution in [3.63, 3.8) is 0 Å². The van der Waals surface area contributed by atoms with Crippen LogP contribution in [0.15, 0.2) is 24.3 Å². The Kier molecular flexibility index (Phi) is 3.99. The van der Waals surface area contributed by atoms with Gasteiger partial charge in [-0.05, 0) is 37.0 Å². The molecular weight excluding hydrogens is 230 g/mol. The van der Waals surface area contributed by atoms with Crippen molar-refractivity contribution in [2.24, 2.45) is 0 Å². The summed E-state index contributed by atoms with van der Waals surface area (Å²) in [7, 11) is 1.67. The van der Waals surface area contributed by atoms with E-state index in [1.54, 1.807) is 13.2 Å². The number of methoxy groups -OCH3 is 1. The van der Waals surface area contributed by atoms with Gasteiger partial charge in [0.05, 0.1) is 18.6 Å². The van der Waals surface area contributed by atoms with Crippen LogP contribution in [0.1, 0.15) is 31.2 Å². The second-order valence-electron chi connectivity index (χ2n) is 4.82. The minimum atomic E-state index is -0.251. The minimum Gasteiger partial charge on any atom is -0.392 e. The molecule has 4 nitrogen and oxygen atoms in total. The topological polar surface area (TPSA) is 58.6 Å². The maximum absolute atomic E-state index is 11.9. The monoisotopic (exact) mass is 249 g/mol. The zero-order chi connectivity index (χ0) is 13.0. The van der Waals surface area contributed by atoms with Crippen LogP contribution in [-0.4, -0.2) is 23.7 Å². The van der Waals surface area contributed by atoms with Gasteiger partial charge in [0.2, 0.25) is 5.91 Å². The van der Waals surface area contributed by atoms with Crippen molar-refractivity contribution in [2.75, 3.05) is 12.4 Å². The highest BCUT2D eigenvalue weighted by molar-refractivity contribution is 5.91. The molecule has 1 saturated carbocycles. The minimum absolute atomic E-state index is 0.0221. The van der Waals surface area contributed by atoms with Crippen LogP contribution in [0.4, 0.5) is 5.69 Å². The standard InChI is InChI=1S/C14H19NO3/c1-18-14(6-3-7-14)9-13(17)15-12-5-2-4-11(8-12)10-16/h2,4-5,8,16H,3,6-7,9-10H2,1H3,(H,15,17). The number of carbonyl (C=O) groups excluding carboxylic acids is 1. The van der Waals surface area contributed by atoms with E-state index in [4.69, 9.17) is 9.84 Å². The van der Waals surface area contributed by atoms with Gasteiger partial charge < -0.3 is 15.2 Å². The first-order chi connectivity index (χ1) is 8.67. The maximum Gasteiger partial charge on any atom is 0.227 e. The van der Waals surface area contributed by atoms with Crippen molar-refractivity contribution in [3.05, 3.63) is 29.8 Å². The van der Waals surface area contributed by atoms with Crippen LogP contribution >= 0.6 is 0 Å². The number of aliphatic hydroxyl groups is 1. The molecule has 1 aromatic rings. The largest absolute Gasteiger partial charge is 0.392 e. The molecule has 1 fully saturated rings. The lowest BCUT2D eigenvalue weighted by Gasteiger charge is -2.39. The van der Waals surface area contributed by atoms with Crippen molar-refractivity contribution in [2.45, 2.75) is 37.9 Å². The van der Waals surface area contributed by atoms with Gasteiger partial charge in [-0.2, -0.15) is 0 Å². The number of aliphatic hydroxyl groups excluding tert-OH is 1. The predicted octanol–water partition coefficient (Wildman–Crippen LogP) is 2.08. The molecule has 1 aliphatic carbocycles. The summed E-state index contributed by atoms with van der Waals surface area (Å²) in [5.41, 5.74) is 1.26. The highest BCUT2D eigenvalue weighted by atomic mass is 16.5. The molecular formula is C14H19NO3. The second-order valence-corrected chi connectivity index (χ2v) is 4.82. The van der Waals surface area contributed by atoms with Crippen LogP contribution in [-0.2, 0) is 16.1 Å². The van der Waals surface area contributed by atoms with Gasteiger partial charge >= 0.3 is 0 Å². The highest BCUT2D eigenvalue weighted by Gasteiger charge is 2.38. The summed E-state index contributed by atoms with van der Waals surface area (Å²) < 4.78 is 5.43. The van der Waals surface area contributed by atoms with Gasteiger partial charge in [0.25, 0.3) is 0 Å². The molecule has 18 heavy (non-hydrogen) atoms. The summed E-state index contributed by atoms with van der Waals surface area (Å²) in [5, 5.41) is 11.9. The number of nitrogens with one attached hydrogen (secondary N) is 1. The number of ether oxygens (including phenoxy) is 1. The maximum atomic E-state index is 11.9. The van der Waals surface area contributed by atoms with E-state index < -0.39 is 0 Å². The number of anilines is 1. The van der Waals surface area contributed by atoms with Gasteiger partial charge in [-0.15, -0.1) is 0 Å². The van der Waals surface area contributed by atoms with Crippen LogP contribution in [0.2, 0.25) is 0 Å². The van der Waals surface area contributed by atoms with Gasteiger partial charge in [-0.3, -0.25) is 4.79 Å². The van der Waals surface area contributed by atoms with E-state index in [0.717, 1.165) is 30.5 Å². The number of amides is 1. The Labute approximate surface area is 107 Å². The van der Waals surface area contributed by atoms with Crippen LogP contribution < -0.4 is 5.32 Å². The first-order valence-electron chi connectivity index (χ1n) is 6.22. The van der Waals surface area contributed by atoms with E-state index in [1.807, 2.05) is 18.2 Å². The van der Waals surface area contributed by atoms with Crippen LogP contribution in [0, 0.1) is 0 Å². The molecule has 0 aromatic heterocycles. The molecule has 0 atom stereocenters. The molecule has 98 valence electrons. The average molecular weight is 249 g/mol. The van der Waals surface area contributed by atoms with Gasteiger partial charge in [0.15, 0.2) is 0 Å². The van der Waals surface area contributed by atoms with Gasteiger partial charge in [-0.25, -0.2) is 0 Å². The van der Waals surface area contributed by atoms with Crippen LogP contribution in [0.25, 0.3) is 0 Å². The number of hydrogen-bond acceptors (Lipinski definition) is 3. The average Bonchev–Trinajstić information content (AvgIpc) is 2.34. The third kappa shape index (κ3) is 2.89. The molecule has 0 heterocycles. The van der Waals surface area contributed by atoms with Crippen molar-refractivity contribution >= 4 is 11.6 Å². The highest BCUT2D eigenvalue weighted by Crippen LogP contribution is 2.38. The summed E-state index contributed by atoms with van der Waals surface area (Å²) in [6.45, 7) is -0.0221. The zero-order valence-corrected chi connectivity index (χ0v) is 10.6. The first-order valence-corrected chi connectivity index (χ1v) is 6.22. The number of hydrogen-bond donors (Lipinski definition) is 2. The lowest BCUT2D eigenvalue weighted by Crippen LogP contribution is -2.42. The van der Waals surface area contributed by atoms with E-state index in [-0.39, 0.29) is 18.1 Å². The Morgan fingerprint density at radius 2 is 2.28 bits per heavy atom. The molecule has 0 aliphatic heterocycles. The first kappa shape index (κ1) is 13.1. The smallest absolute Gasteiger partial charge is 0.227 e. The fourth-order valence-electron chi connectivity index (χ4n) is 2.27. The Morgan fingerprint density at radius 3 is 2.83 bits per heavy atom. The second kappa shape index (κ2) is 5.50. The Balaban J connectivity index is 1.94. The lowest BCUT2D eigenvalue weighted by molar-refractivity contribution is -0.129. The third-order valence-corrected chi connectivity index (χ3v) is 3.57. The SMILES string of the molecule is COC1(CC(=O)Nc2cccc(CO)c2)CCC1. The molecule has 1 aliphatic rings. The molecule has 2 rings (SSSR count). The summed E-state index contributed by atoms with van der Waals surface area (Å²) in [6.07, 6.45) is 3.43. The molecule has 1 aromatic carbocycles. The summed E-state index contributed by atoms with van der Waals surface area (Å²) in [5.74, 6) is -0.0355. The van der Waals surface area contributed by atoms with Crippen LogP contribution in [0.3, 0.4) is 0 Å². The number of carbonyl (C=O) groups is 1. The molecule has 0 radical (unpaired) electrons. The van der Waals surface area contributed by atoms with Gasteiger partial charge in [0.1, 0.15) is 0 Å². The Hall–Kier alpha value is -1.39. The van der Waals surface area contributed by atoms with Gasteiger partial charge in [0, 0.05) is 12.8 Å². The Bertz CT molecular complexity index is 421. The Morgan fingerprint density at radius 1 is 1.50 bits per heavy atom. The predicted molar refractivity (Wildman–Crippen MR) is 69.2 cm³/mol.